The zero-order valence-electron chi connectivity index (χ0n) is 28.1. The molecule has 11 rings (SSSR count). The van der Waals surface area contributed by atoms with E-state index in [0.29, 0.717) is 0 Å². The molecule has 0 saturated heterocycles. The van der Waals surface area contributed by atoms with Gasteiger partial charge in [-0.3, -0.25) is 4.40 Å². The van der Waals surface area contributed by atoms with Gasteiger partial charge in [0.1, 0.15) is 5.65 Å². The SMILES string of the molecule is c1ccc(-c2nc3c4ccccc4c4cc(-c5ccc6ccc(-c7cccc8c7sc7ccccc78)cc6c5)ccc4n3c2-c2ccccc2)cc1. The fraction of sp³-hybridized carbons (Fsp3) is 0. The van der Waals surface area contributed by atoms with Crippen molar-refractivity contribution in [2.45, 2.75) is 0 Å². The lowest BCUT2D eigenvalue weighted by Crippen LogP contribution is -1.95. The van der Waals surface area contributed by atoms with Crippen LogP contribution in [-0.4, -0.2) is 9.38 Å². The van der Waals surface area contributed by atoms with Crippen LogP contribution < -0.4 is 0 Å². The van der Waals surface area contributed by atoms with E-state index in [1.54, 1.807) is 0 Å². The minimum Gasteiger partial charge on any atom is -0.291 e. The smallest absolute Gasteiger partial charge is 0.146 e. The Balaban J connectivity index is 1.11. The molecule has 0 N–H and O–H groups in total. The molecule has 0 amide bonds. The zero-order valence-corrected chi connectivity index (χ0v) is 28.9. The number of hydrogen-bond acceptors (Lipinski definition) is 2. The van der Waals surface area contributed by atoms with E-state index >= 15 is 0 Å². The van der Waals surface area contributed by atoms with Crippen molar-refractivity contribution in [1.82, 2.24) is 9.38 Å². The summed E-state index contributed by atoms with van der Waals surface area (Å²) < 4.78 is 5.05. The van der Waals surface area contributed by atoms with Gasteiger partial charge in [-0.2, -0.15) is 0 Å². The van der Waals surface area contributed by atoms with E-state index in [1.165, 1.54) is 64.0 Å². The summed E-state index contributed by atoms with van der Waals surface area (Å²) in [5.41, 5.74) is 11.4. The number of thiophene rings is 1. The lowest BCUT2D eigenvalue weighted by Gasteiger charge is -2.13. The van der Waals surface area contributed by atoms with Crippen molar-refractivity contribution in [3.8, 4) is 44.8 Å². The number of nitrogens with zero attached hydrogens (tertiary/aromatic N) is 2. The predicted octanol–water partition coefficient (Wildman–Crippen LogP) is 13.8. The van der Waals surface area contributed by atoms with Crippen LogP contribution in [0.15, 0.2) is 182 Å². The molecule has 11 aromatic rings. The molecule has 242 valence electrons. The number of hydrogen-bond donors (Lipinski definition) is 0. The third kappa shape index (κ3) is 4.46. The van der Waals surface area contributed by atoms with Crippen molar-refractivity contribution in [3.63, 3.8) is 0 Å². The Morgan fingerprint density at radius 2 is 1.04 bits per heavy atom. The van der Waals surface area contributed by atoms with E-state index in [2.05, 4.69) is 186 Å². The zero-order chi connectivity index (χ0) is 34.2. The Bertz CT molecular complexity index is 3170. The van der Waals surface area contributed by atoms with Crippen molar-refractivity contribution < 1.29 is 0 Å². The summed E-state index contributed by atoms with van der Waals surface area (Å²) in [6.45, 7) is 0. The normalized spacial score (nSPS) is 11.8. The first-order valence-corrected chi connectivity index (χ1v) is 18.5. The number of imidazole rings is 1. The van der Waals surface area contributed by atoms with Crippen LogP contribution in [0.2, 0.25) is 0 Å². The first-order chi connectivity index (χ1) is 25.8. The van der Waals surface area contributed by atoms with E-state index in [-0.39, 0.29) is 0 Å². The molecule has 3 heterocycles. The average Bonchev–Trinajstić information content (AvgIpc) is 3.81. The van der Waals surface area contributed by atoms with E-state index in [4.69, 9.17) is 4.98 Å². The van der Waals surface area contributed by atoms with E-state index < -0.39 is 0 Å². The maximum absolute atomic E-state index is 5.38. The van der Waals surface area contributed by atoms with Crippen LogP contribution in [0.4, 0.5) is 0 Å². The highest BCUT2D eigenvalue weighted by Gasteiger charge is 2.21. The van der Waals surface area contributed by atoms with E-state index in [9.17, 15) is 0 Å². The first kappa shape index (κ1) is 29.2. The molecule has 0 radical (unpaired) electrons. The lowest BCUT2D eigenvalue weighted by atomic mass is 9.95. The minimum absolute atomic E-state index is 0.973. The molecule has 0 aliphatic carbocycles. The van der Waals surface area contributed by atoms with Crippen molar-refractivity contribution in [2.75, 3.05) is 0 Å². The Labute approximate surface area is 304 Å². The van der Waals surface area contributed by atoms with Gasteiger partial charge in [0.2, 0.25) is 0 Å². The van der Waals surface area contributed by atoms with Crippen LogP contribution >= 0.6 is 11.3 Å². The summed E-state index contributed by atoms with van der Waals surface area (Å²) in [5, 5.41) is 8.69. The van der Waals surface area contributed by atoms with E-state index in [0.717, 1.165) is 39.1 Å². The standard InChI is InChI=1S/C49H30N2S/c1-3-12-32(13-4-1)46-47(33-14-5-2-6-15-33)51-44-27-26-35(30-43(44)39-16-7-8-18-42(39)49(51)50-46)34-24-22-31-23-25-36(29-37(31)28-34)38-19-11-20-41-40-17-9-10-21-45(40)52-48(38)41/h1-30H. The number of pyridine rings is 1. The molecule has 3 aromatic heterocycles. The Hall–Kier alpha value is -6.55. The highest BCUT2D eigenvalue weighted by molar-refractivity contribution is 7.26. The molecular weight excluding hydrogens is 649 g/mol. The van der Waals surface area contributed by atoms with Crippen molar-refractivity contribution in [1.29, 1.82) is 0 Å². The van der Waals surface area contributed by atoms with Crippen LogP contribution in [0, 0.1) is 0 Å². The average molecular weight is 679 g/mol. The molecule has 3 heteroatoms. The molecule has 0 saturated carbocycles. The number of fused-ring (bicyclic) bond motifs is 10. The second-order valence-electron chi connectivity index (χ2n) is 13.5. The quantitative estimate of drug-likeness (QED) is 0.169. The van der Waals surface area contributed by atoms with E-state index in [1.807, 2.05) is 11.3 Å². The predicted molar refractivity (Wildman–Crippen MR) is 222 cm³/mol. The maximum Gasteiger partial charge on any atom is 0.146 e. The van der Waals surface area contributed by atoms with Crippen LogP contribution in [0.25, 0.3) is 103 Å². The summed E-state index contributed by atoms with van der Waals surface area (Å²) in [5.74, 6) is 0. The van der Waals surface area contributed by atoms with Gasteiger partial charge in [0.05, 0.1) is 16.9 Å². The Kier molecular flexibility index (Phi) is 6.46. The first-order valence-electron chi connectivity index (χ1n) is 17.7. The molecule has 0 spiro atoms. The van der Waals surface area contributed by atoms with Crippen molar-refractivity contribution in [3.05, 3.63) is 182 Å². The van der Waals surface area contributed by atoms with Gasteiger partial charge >= 0.3 is 0 Å². The molecule has 0 bridgehead atoms. The summed E-state index contributed by atoms with van der Waals surface area (Å²) in [4.78, 5) is 5.38. The molecule has 0 unspecified atom stereocenters. The summed E-state index contributed by atoms with van der Waals surface area (Å²) in [6.07, 6.45) is 0. The van der Waals surface area contributed by atoms with Crippen molar-refractivity contribution >= 4 is 69.6 Å². The fourth-order valence-electron chi connectivity index (χ4n) is 8.10. The monoisotopic (exact) mass is 678 g/mol. The largest absolute Gasteiger partial charge is 0.291 e. The van der Waals surface area contributed by atoms with Gasteiger partial charge in [-0.15, -0.1) is 11.3 Å². The molecule has 2 nitrogen and oxygen atoms in total. The molecule has 0 atom stereocenters. The summed E-state index contributed by atoms with van der Waals surface area (Å²) >= 11 is 1.88. The third-order valence-corrected chi connectivity index (χ3v) is 11.8. The molecule has 0 aliphatic heterocycles. The fourth-order valence-corrected chi connectivity index (χ4v) is 9.34. The minimum atomic E-state index is 0.973. The maximum atomic E-state index is 5.38. The number of benzene rings is 8. The van der Waals surface area contributed by atoms with Gasteiger partial charge in [-0.25, -0.2) is 4.98 Å². The van der Waals surface area contributed by atoms with Crippen molar-refractivity contribution in [2.24, 2.45) is 0 Å². The van der Waals surface area contributed by atoms with Crippen LogP contribution in [-0.2, 0) is 0 Å². The van der Waals surface area contributed by atoms with Crippen LogP contribution in [0.5, 0.6) is 0 Å². The summed E-state index contributed by atoms with van der Waals surface area (Å²) in [7, 11) is 0. The van der Waals surface area contributed by atoms with Gasteiger partial charge < -0.3 is 0 Å². The third-order valence-electron chi connectivity index (χ3n) is 10.6. The second kappa shape index (κ2) is 11.5. The molecular formula is C49H30N2S. The van der Waals surface area contributed by atoms with Gasteiger partial charge in [0.25, 0.3) is 0 Å². The molecule has 52 heavy (non-hydrogen) atoms. The van der Waals surface area contributed by atoms with Crippen LogP contribution in [0.3, 0.4) is 0 Å². The highest BCUT2D eigenvalue weighted by atomic mass is 32.1. The van der Waals surface area contributed by atoms with Crippen LogP contribution in [0.1, 0.15) is 0 Å². The second-order valence-corrected chi connectivity index (χ2v) is 14.6. The molecule has 0 aliphatic rings. The van der Waals surface area contributed by atoms with Gasteiger partial charge in [0, 0.05) is 42.1 Å². The lowest BCUT2D eigenvalue weighted by molar-refractivity contribution is 1.27. The molecule has 8 aromatic carbocycles. The number of aromatic nitrogens is 2. The Morgan fingerprint density at radius 1 is 0.404 bits per heavy atom. The van der Waals surface area contributed by atoms with Gasteiger partial charge in [-0.05, 0) is 68.7 Å². The summed E-state index contributed by atoms with van der Waals surface area (Å²) in [6, 6.07) is 66.1. The molecule has 0 fully saturated rings. The van der Waals surface area contributed by atoms with Gasteiger partial charge in [0.15, 0.2) is 0 Å². The topological polar surface area (TPSA) is 17.3 Å². The van der Waals surface area contributed by atoms with Gasteiger partial charge in [-0.1, -0.05) is 152 Å². The number of rotatable bonds is 4. The Morgan fingerprint density at radius 3 is 1.87 bits per heavy atom. The highest BCUT2D eigenvalue weighted by Crippen LogP contribution is 2.42.